The first kappa shape index (κ1) is 29.1. The molecule has 0 saturated carbocycles. The van der Waals surface area contributed by atoms with Crippen LogP contribution in [0.4, 0.5) is 8.78 Å². The average Bonchev–Trinajstić information content (AvgIpc) is 2.93. The third-order valence-corrected chi connectivity index (χ3v) is 7.53. The molecule has 0 spiro atoms. The fourth-order valence-electron chi connectivity index (χ4n) is 5.25. The van der Waals surface area contributed by atoms with E-state index >= 15 is 8.78 Å². The second-order valence-corrected chi connectivity index (χ2v) is 10.5. The van der Waals surface area contributed by atoms with Crippen molar-refractivity contribution in [2.24, 2.45) is 0 Å². The van der Waals surface area contributed by atoms with E-state index in [0.717, 1.165) is 60.8 Å². The van der Waals surface area contributed by atoms with Crippen molar-refractivity contribution >= 4 is 0 Å². The van der Waals surface area contributed by atoms with E-state index in [0.29, 0.717) is 17.5 Å². The Balaban J connectivity index is 1.66. The molecule has 0 aliphatic carbocycles. The van der Waals surface area contributed by atoms with Crippen LogP contribution in [0.3, 0.4) is 0 Å². The van der Waals surface area contributed by atoms with Gasteiger partial charge in [-0.1, -0.05) is 139 Å². The normalized spacial score (nSPS) is 11.2. The van der Waals surface area contributed by atoms with Crippen LogP contribution in [-0.4, -0.2) is 0 Å². The Hall–Kier alpha value is -2.48. The van der Waals surface area contributed by atoms with Gasteiger partial charge in [0.25, 0.3) is 0 Å². The average molecular weight is 505 g/mol. The lowest BCUT2D eigenvalue weighted by Gasteiger charge is -2.16. The summed E-state index contributed by atoms with van der Waals surface area (Å²) < 4.78 is 30.8. The van der Waals surface area contributed by atoms with Crippen molar-refractivity contribution in [2.75, 3.05) is 0 Å². The number of rotatable bonds is 17. The van der Waals surface area contributed by atoms with E-state index in [-0.39, 0.29) is 0 Å². The van der Waals surface area contributed by atoms with Gasteiger partial charge in [-0.15, -0.1) is 0 Å². The van der Waals surface area contributed by atoms with E-state index in [2.05, 4.69) is 26.0 Å². The summed E-state index contributed by atoms with van der Waals surface area (Å²) in [5.41, 5.74) is 4.91. The molecule has 0 atom stereocenters. The predicted octanol–water partition coefficient (Wildman–Crippen LogP) is 11.5. The zero-order chi connectivity index (χ0) is 26.3. The minimum absolute atomic E-state index is 0.385. The molecule has 3 aromatic carbocycles. The molecule has 200 valence electrons. The lowest BCUT2D eigenvalue weighted by molar-refractivity contribution is 0.493. The van der Waals surface area contributed by atoms with Crippen LogP contribution in [-0.2, 0) is 12.8 Å². The van der Waals surface area contributed by atoms with Gasteiger partial charge in [0.05, 0.1) is 0 Å². The van der Waals surface area contributed by atoms with Crippen molar-refractivity contribution in [1.82, 2.24) is 0 Å². The van der Waals surface area contributed by atoms with Crippen molar-refractivity contribution in [3.8, 4) is 22.3 Å². The molecule has 0 saturated heterocycles. The highest BCUT2D eigenvalue weighted by atomic mass is 19.2. The first-order chi connectivity index (χ1) is 18.2. The van der Waals surface area contributed by atoms with E-state index in [9.17, 15) is 0 Å². The van der Waals surface area contributed by atoms with Crippen LogP contribution in [0, 0.1) is 11.6 Å². The van der Waals surface area contributed by atoms with Gasteiger partial charge in [-0.3, -0.25) is 0 Å². The van der Waals surface area contributed by atoms with Crippen molar-refractivity contribution in [3.05, 3.63) is 83.4 Å². The molecule has 0 fully saturated rings. The van der Waals surface area contributed by atoms with Crippen LogP contribution >= 0.6 is 0 Å². The summed E-state index contributed by atoms with van der Waals surface area (Å²) in [6.07, 6.45) is 17.1. The molecule has 2 heteroatoms. The Morgan fingerprint density at radius 2 is 0.973 bits per heavy atom. The number of hydrogen-bond acceptors (Lipinski definition) is 0. The fourth-order valence-corrected chi connectivity index (χ4v) is 5.25. The quantitative estimate of drug-likeness (QED) is 0.160. The van der Waals surface area contributed by atoms with Gasteiger partial charge in [0.15, 0.2) is 11.6 Å². The van der Waals surface area contributed by atoms with Gasteiger partial charge in [-0.05, 0) is 59.6 Å². The highest BCUT2D eigenvalue weighted by Crippen LogP contribution is 2.32. The summed E-state index contributed by atoms with van der Waals surface area (Å²) in [6.45, 7) is 4.43. The number of benzene rings is 3. The lowest BCUT2D eigenvalue weighted by Crippen LogP contribution is -2.04. The Morgan fingerprint density at radius 1 is 0.486 bits per heavy atom. The van der Waals surface area contributed by atoms with Gasteiger partial charge in [-0.2, -0.15) is 0 Å². The van der Waals surface area contributed by atoms with E-state index in [4.69, 9.17) is 0 Å². The van der Waals surface area contributed by atoms with Crippen molar-refractivity contribution in [2.45, 2.75) is 110 Å². The Labute approximate surface area is 224 Å². The highest BCUT2D eigenvalue weighted by Gasteiger charge is 2.19. The molecule has 37 heavy (non-hydrogen) atoms. The second-order valence-electron chi connectivity index (χ2n) is 10.5. The van der Waals surface area contributed by atoms with Gasteiger partial charge in [-0.25, -0.2) is 8.78 Å². The van der Waals surface area contributed by atoms with E-state index in [1.54, 1.807) is 0 Å². The van der Waals surface area contributed by atoms with Crippen LogP contribution in [0.25, 0.3) is 22.3 Å². The molecule has 0 aliphatic rings. The first-order valence-electron chi connectivity index (χ1n) is 14.8. The third kappa shape index (κ3) is 9.09. The fraction of sp³-hybridized carbons (Fsp3) is 0.486. The first-order valence-corrected chi connectivity index (χ1v) is 14.8. The highest BCUT2D eigenvalue weighted by molar-refractivity contribution is 5.71. The maximum absolute atomic E-state index is 15.5. The summed E-state index contributed by atoms with van der Waals surface area (Å²) in [7, 11) is 0. The Morgan fingerprint density at radius 3 is 1.59 bits per heavy atom. The Bertz CT molecular complexity index is 1040. The zero-order valence-corrected chi connectivity index (χ0v) is 23.1. The van der Waals surface area contributed by atoms with E-state index in [1.165, 1.54) is 51.4 Å². The van der Waals surface area contributed by atoms with Gasteiger partial charge in [0.2, 0.25) is 0 Å². The summed E-state index contributed by atoms with van der Waals surface area (Å²) in [4.78, 5) is 0. The molecule has 0 aliphatic heterocycles. The van der Waals surface area contributed by atoms with Crippen molar-refractivity contribution < 1.29 is 8.78 Å². The van der Waals surface area contributed by atoms with Crippen LogP contribution < -0.4 is 0 Å². The predicted molar refractivity (Wildman–Crippen MR) is 156 cm³/mol. The lowest BCUT2D eigenvalue weighted by atomic mass is 9.91. The van der Waals surface area contributed by atoms with E-state index < -0.39 is 11.6 Å². The molecule has 0 aromatic heterocycles. The van der Waals surface area contributed by atoms with Crippen LogP contribution in [0.2, 0.25) is 0 Å². The molecule has 0 nitrogen and oxygen atoms in total. The molecule has 0 heterocycles. The summed E-state index contributed by atoms with van der Waals surface area (Å²) >= 11 is 0. The second kappa shape index (κ2) is 16.4. The van der Waals surface area contributed by atoms with Gasteiger partial charge >= 0.3 is 0 Å². The largest absolute Gasteiger partial charge is 0.203 e. The number of aryl methyl sites for hydroxylation is 1. The van der Waals surface area contributed by atoms with Gasteiger partial charge in [0.1, 0.15) is 0 Å². The zero-order valence-electron chi connectivity index (χ0n) is 23.1. The summed E-state index contributed by atoms with van der Waals surface area (Å²) in [6, 6.07) is 19.9. The van der Waals surface area contributed by atoms with Crippen molar-refractivity contribution in [3.63, 3.8) is 0 Å². The SMILES string of the molecule is CCCCCCCCCCCCc1c(CCCCC)cc(-c2ccc(-c3ccccc3)cc2)c(F)c1F. The maximum Gasteiger partial charge on any atom is 0.166 e. The molecular formula is C35H46F2. The summed E-state index contributed by atoms with van der Waals surface area (Å²) in [5.74, 6) is -1.33. The smallest absolute Gasteiger partial charge is 0.166 e. The molecule has 0 N–H and O–H groups in total. The van der Waals surface area contributed by atoms with E-state index in [1.807, 2.05) is 48.5 Å². The van der Waals surface area contributed by atoms with Crippen LogP contribution in [0.5, 0.6) is 0 Å². The molecule has 0 unspecified atom stereocenters. The molecule has 3 rings (SSSR count). The molecular weight excluding hydrogens is 458 g/mol. The number of hydrogen-bond donors (Lipinski definition) is 0. The van der Waals surface area contributed by atoms with Crippen LogP contribution in [0.15, 0.2) is 60.7 Å². The molecule has 0 radical (unpaired) electrons. The van der Waals surface area contributed by atoms with Crippen LogP contribution in [0.1, 0.15) is 108 Å². The monoisotopic (exact) mass is 504 g/mol. The molecule has 0 bridgehead atoms. The topological polar surface area (TPSA) is 0 Å². The molecule has 0 amide bonds. The number of halogens is 2. The van der Waals surface area contributed by atoms with Gasteiger partial charge < -0.3 is 0 Å². The van der Waals surface area contributed by atoms with Crippen molar-refractivity contribution in [1.29, 1.82) is 0 Å². The minimum atomic E-state index is -0.700. The summed E-state index contributed by atoms with van der Waals surface area (Å²) in [5, 5.41) is 0. The third-order valence-electron chi connectivity index (χ3n) is 7.53. The molecule has 3 aromatic rings. The van der Waals surface area contributed by atoms with Gasteiger partial charge in [0, 0.05) is 5.56 Å². The standard InChI is InChI=1S/C35H46F2/c1-3-5-7-8-9-10-11-12-13-18-22-32-31(21-15-6-4-2)27-33(35(37)34(32)36)30-25-23-29(24-26-30)28-19-16-14-17-20-28/h14,16-17,19-20,23-27H,3-13,15,18,21-22H2,1-2H3. The maximum atomic E-state index is 15.5. The Kier molecular flexibility index (Phi) is 12.9. The number of unbranched alkanes of at least 4 members (excludes halogenated alkanes) is 11. The minimum Gasteiger partial charge on any atom is -0.203 e.